The molecule has 0 amide bonds. The summed E-state index contributed by atoms with van der Waals surface area (Å²) in [4.78, 5) is 2.69. The highest BCUT2D eigenvalue weighted by Crippen LogP contribution is 2.30. The molecular weight excluding hydrogens is 208 g/mol. The lowest BCUT2D eigenvalue weighted by Gasteiger charge is -2.25. The van der Waals surface area contributed by atoms with Crippen molar-refractivity contribution in [2.45, 2.75) is 65.3 Å². The average molecular weight is 240 g/mol. The third-order valence-corrected chi connectivity index (χ3v) is 3.68. The minimum Gasteiger partial charge on any atom is -0.328 e. The van der Waals surface area contributed by atoms with E-state index in [1.165, 1.54) is 58.2 Å². The van der Waals surface area contributed by atoms with Crippen molar-refractivity contribution >= 4 is 0 Å². The molecule has 1 saturated carbocycles. The molecule has 0 aliphatic heterocycles. The minimum atomic E-state index is 0.375. The van der Waals surface area contributed by atoms with E-state index in [0.29, 0.717) is 6.04 Å². The van der Waals surface area contributed by atoms with Gasteiger partial charge in [-0.25, -0.2) is 0 Å². The third kappa shape index (κ3) is 7.77. The van der Waals surface area contributed by atoms with Gasteiger partial charge >= 0.3 is 0 Å². The Labute approximate surface area is 108 Å². The van der Waals surface area contributed by atoms with Gasteiger partial charge in [-0.1, -0.05) is 20.3 Å². The molecule has 0 aromatic rings. The number of hydrogen-bond donors (Lipinski definition) is 1. The summed E-state index contributed by atoms with van der Waals surface area (Å²) in [5.41, 5.74) is 5.79. The molecule has 0 saturated heterocycles. The molecule has 2 heteroatoms. The summed E-state index contributed by atoms with van der Waals surface area (Å²) in [5, 5.41) is 0. The largest absolute Gasteiger partial charge is 0.328 e. The van der Waals surface area contributed by atoms with Crippen LogP contribution in [0.2, 0.25) is 0 Å². The lowest BCUT2D eigenvalue weighted by molar-refractivity contribution is 0.221. The second-order valence-corrected chi connectivity index (χ2v) is 6.22. The van der Waals surface area contributed by atoms with Crippen LogP contribution in [0.25, 0.3) is 0 Å². The minimum absolute atomic E-state index is 0.375. The van der Waals surface area contributed by atoms with Crippen LogP contribution in [0.5, 0.6) is 0 Å². The molecule has 0 spiro atoms. The van der Waals surface area contributed by atoms with E-state index in [9.17, 15) is 0 Å². The fourth-order valence-electron chi connectivity index (χ4n) is 2.56. The second kappa shape index (κ2) is 8.10. The molecule has 0 radical (unpaired) electrons. The van der Waals surface area contributed by atoms with E-state index in [1.54, 1.807) is 0 Å². The van der Waals surface area contributed by atoms with E-state index in [-0.39, 0.29) is 0 Å². The number of nitrogens with two attached hydrogens (primary N) is 1. The maximum Gasteiger partial charge on any atom is 0.00104 e. The zero-order valence-corrected chi connectivity index (χ0v) is 12.1. The third-order valence-electron chi connectivity index (χ3n) is 3.68. The fraction of sp³-hybridized carbons (Fsp3) is 1.00. The van der Waals surface area contributed by atoms with Crippen LogP contribution in [0.3, 0.4) is 0 Å². The summed E-state index contributed by atoms with van der Waals surface area (Å²) in [5.74, 6) is 1.86. The number of rotatable bonds is 10. The van der Waals surface area contributed by atoms with E-state index in [2.05, 4.69) is 25.7 Å². The Morgan fingerprint density at radius 3 is 2.47 bits per heavy atom. The fourth-order valence-corrected chi connectivity index (χ4v) is 2.56. The summed E-state index contributed by atoms with van der Waals surface area (Å²) in [6, 6.07) is 0.375. The predicted octanol–water partition coefficient (Wildman–Crippen LogP) is 3.26. The standard InChI is InChI=1S/C15H32N2/c1-4-10-17(12-15-8-9-15)11-13(2)6-5-7-14(3)16/h13-15H,4-12,16H2,1-3H3. The Kier molecular flexibility index (Phi) is 7.14. The molecule has 0 aromatic carbocycles. The summed E-state index contributed by atoms with van der Waals surface area (Å²) in [6.45, 7) is 10.7. The van der Waals surface area contributed by atoms with Gasteiger partial charge < -0.3 is 10.6 Å². The quantitative estimate of drug-likeness (QED) is 0.635. The highest BCUT2D eigenvalue weighted by atomic mass is 15.1. The van der Waals surface area contributed by atoms with Crippen molar-refractivity contribution in [1.29, 1.82) is 0 Å². The van der Waals surface area contributed by atoms with Crippen molar-refractivity contribution in [3.05, 3.63) is 0 Å². The molecule has 1 rings (SSSR count). The van der Waals surface area contributed by atoms with Gasteiger partial charge in [0.05, 0.1) is 0 Å². The maximum atomic E-state index is 5.79. The van der Waals surface area contributed by atoms with Crippen LogP contribution in [0.4, 0.5) is 0 Å². The predicted molar refractivity (Wildman–Crippen MR) is 76.1 cm³/mol. The smallest absolute Gasteiger partial charge is 0.00104 e. The Bertz CT molecular complexity index is 187. The van der Waals surface area contributed by atoms with Gasteiger partial charge in [0.25, 0.3) is 0 Å². The van der Waals surface area contributed by atoms with Gasteiger partial charge in [0.15, 0.2) is 0 Å². The SMILES string of the molecule is CCCN(CC(C)CCCC(C)N)CC1CC1. The molecule has 0 aromatic heterocycles. The van der Waals surface area contributed by atoms with Crippen LogP contribution < -0.4 is 5.73 Å². The van der Waals surface area contributed by atoms with Gasteiger partial charge in [0.1, 0.15) is 0 Å². The Balaban J connectivity index is 2.12. The topological polar surface area (TPSA) is 29.3 Å². The van der Waals surface area contributed by atoms with Crippen LogP contribution in [0, 0.1) is 11.8 Å². The maximum absolute atomic E-state index is 5.79. The van der Waals surface area contributed by atoms with Gasteiger partial charge in [0.2, 0.25) is 0 Å². The van der Waals surface area contributed by atoms with Crippen LogP contribution in [-0.4, -0.2) is 30.6 Å². The first-order valence-corrected chi connectivity index (χ1v) is 7.59. The molecule has 1 fully saturated rings. The molecule has 2 unspecified atom stereocenters. The lowest BCUT2D eigenvalue weighted by atomic mass is 10.0. The average Bonchev–Trinajstić information content (AvgIpc) is 3.01. The molecule has 2 N–H and O–H groups in total. The Morgan fingerprint density at radius 1 is 1.24 bits per heavy atom. The zero-order valence-electron chi connectivity index (χ0n) is 12.1. The van der Waals surface area contributed by atoms with E-state index < -0.39 is 0 Å². The molecule has 1 aliphatic carbocycles. The van der Waals surface area contributed by atoms with Crippen molar-refractivity contribution < 1.29 is 0 Å². The van der Waals surface area contributed by atoms with Crippen molar-refractivity contribution in [1.82, 2.24) is 4.90 Å². The van der Waals surface area contributed by atoms with Gasteiger partial charge in [-0.05, 0) is 57.4 Å². The number of hydrogen-bond acceptors (Lipinski definition) is 2. The number of nitrogens with zero attached hydrogens (tertiary/aromatic N) is 1. The Morgan fingerprint density at radius 2 is 1.94 bits per heavy atom. The zero-order chi connectivity index (χ0) is 12.7. The van der Waals surface area contributed by atoms with Crippen LogP contribution in [0.1, 0.15) is 59.3 Å². The van der Waals surface area contributed by atoms with Gasteiger partial charge in [-0.3, -0.25) is 0 Å². The first kappa shape index (κ1) is 15.0. The summed E-state index contributed by atoms with van der Waals surface area (Å²) in [6.07, 6.45) is 8.05. The molecular formula is C15H32N2. The molecule has 2 nitrogen and oxygen atoms in total. The Hall–Kier alpha value is -0.0800. The lowest BCUT2D eigenvalue weighted by Crippen LogP contribution is -2.31. The van der Waals surface area contributed by atoms with Crippen molar-refractivity contribution in [3.8, 4) is 0 Å². The van der Waals surface area contributed by atoms with Crippen molar-refractivity contribution in [2.24, 2.45) is 17.6 Å². The molecule has 0 heterocycles. The summed E-state index contributed by atoms with van der Waals surface area (Å²) < 4.78 is 0. The first-order chi connectivity index (χ1) is 8.11. The summed E-state index contributed by atoms with van der Waals surface area (Å²) >= 11 is 0. The van der Waals surface area contributed by atoms with E-state index in [4.69, 9.17) is 5.73 Å². The van der Waals surface area contributed by atoms with E-state index in [0.717, 1.165) is 11.8 Å². The molecule has 1 aliphatic rings. The van der Waals surface area contributed by atoms with Gasteiger partial charge in [-0.15, -0.1) is 0 Å². The van der Waals surface area contributed by atoms with Gasteiger partial charge in [0, 0.05) is 19.1 Å². The second-order valence-electron chi connectivity index (χ2n) is 6.22. The molecule has 102 valence electrons. The highest BCUT2D eigenvalue weighted by molar-refractivity contribution is 4.78. The van der Waals surface area contributed by atoms with Crippen LogP contribution in [-0.2, 0) is 0 Å². The molecule has 0 bridgehead atoms. The van der Waals surface area contributed by atoms with Gasteiger partial charge in [-0.2, -0.15) is 0 Å². The highest BCUT2D eigenvalue weighted by Gasteiger charge is 2.24. The van der Waals surface area contributed by atoms with Crippen LogP contribution in [0.15, 0.2) is 0 Å². The molecule has 2 atom stereocenters. The van der Waals surface area contributed by atoms with E-state index >= 15 is 0 Å². The van der Waals surface area contributed by atoms with Crippen molar-refractivity contribution in [3.63, 3.8) is 0 Å². The van der Waals surface area contributed by atoms with E-state index in [1.807, 2.05) is 0 Å². The van der Waals surface area contributed by atoms with Crippen molar-refractivity contribution in [2.75, 3.05) is 19.6 Å². The molecule has 17 heavy (non-hydrogen) atoms. The normalized spacial score (nSPS) is 19.6. The first-order valence-electron chi connectivity index (χ1n) is 7.59. The monoisotopic (exact) mass is 240 g/mol. The van der Waals surface area contributed by atoms with Crippen LogP contribution >= 0.6 is 0 Å². The summed E-state index contributed by atoms with van der Waals surface area (Å²) in [7, 11) is 0.